The van der Waals surface area contributed by atoms with Crippen molar-refractivity contribution < 1.29 is 14.6 Å². The average molecular weight is 290 g/mol. The fourth-order valence-corrected chi connectivity index (χ4v) is 3.05. The van der Waals surface area contributed by atoms with E-state index in [0.29, 0.717) is 5.56 Å². The maximum absolute atomic E-state index is 11.1. The van der Waals surface area contributed by atoms with Crippen LogP contribution in [-0.4, -0.2) is 66.8 Å². The Morgan fingerprint density at radius 2 is 1.86 bits per heavy atom. The first-order valence-corrected chi connectivity index (χ1v) is 7.60. The molecule has 5 heteroatoms. The fraction of sp³-hybridized carbons (Fsp3) is 0.562. The maximum atomic E-state index is 11.1. The van der Waals surface area contributed by atoms with Crippen LogP contribution in [0.4, 0.5) is 0 Å². The quantitative estimate of drug-likeness (QED) is 0.899. The van der Waals surface area contributed by atoms with Crippen LogP contribution >= 0.6 is 0 Å². The number of morpholine rings is 1. The molecule has 0 atom stereocenters. The Kier molecular flexibility index (Phi) is 4.53. The molecule has 0 spiro atoms. The molecule has 0 radical (unpaired) electrons. The number of nitrogens with zero attached hydrogens (tertiary/aromatic N) is 2. The Morgan fingerprint density at radius 3 is 2.62 bits per heavy atom. The predicted molar refractivity (Wildman–Crippen MR) is 79.6 cm³/mol. The molecule has 21 heavy (non-hydrogen) atoms. The Labute approximate surface area is 125 Å². The van der Waals surface area contributed by atoms with E-state index in [1.54, 1.807) is 6.07 Å². The number of rotatable bonds is 4. The Morgan fingerprint density at radius 1 is 1.10 bits per heavy atom. The Balaban J connectivity index is 1.58. The molecule has 1 aromatic rings. The van der Waals surface area contributed by atoms with E-state index >= 15 is 0 Å². The van der Waals surface area contributed by atoms with E-state index < -0.39 is 5.97 Å². The molecule has 0 aliphatic carbocycles. The predicted octanol–water partition coefficient (Wildman–Crippen LogP) is 1.08. The van der Waals surface area contributed by atoms with E-state index in [4.69, 9.17) is 9.84 Å². The number of fused-ring (bicyclic) bond motifs is 1. The first kappa shape index (κ1) is 14.5. The monoisotopic (exact) mass is 290 g/mol. The summed E-state index contributed by atoms with van der Waals surface area (Å²) in [5.74, 6) is -0.844. The molecule has 0 aromatic heterocycles. The lowest BCUT2D eigenvalue weighted by atomic mass is 9.97. The van der Waals surface area contributed by atoms with Crippen LogP contribution in [-0.2, 0) is 17.7 Å². The summed E-state index contributed by atoms with van der Waals surface area (Å²) < 4.78 is 5.36. The van der Waals surface area contributed by atoms with Crippen LogP contribution in [0.2, 0.25) is 0 Å². The molecule has 3 rings (SSSR count). The van der Waals surface area contributed by atoms with Gasteiger partial charge in [0, 0.05) is 39.3 Å². The summed E-state index contributed by atoms with van der Waals surface area (Å²) in [7, 11) is 0. The van der Waals surface area contributed by atoms with Crippen LogP contribution in [0.25, 0.3) is 0 Å². The van der Waals surface area contributed by atoms with Crippen molar-refractivity contribution in [2.75, 3.05) is 45.9 Å². The summed E-state index contributed by atoms with van der Waals surface area (Å²) in [6, 6.07) is 5.52. The van der Waals surface area contributed by atoms with Crippen molar-refractivity contribution >= 4 is 5.97 Å². The van der Waals surface area contributed by atoms with E-state index in [1.807, 2.05) is 12.1 Å². The number of hydrogen-bond acceptors (Lipinski definition) is 4. The number of carboxylic acids is 1. The lowest BCUT2D eigenvalue weighted by Gasteiger charge is -2.32. The van der Waals surface area contributed by atoms with E-state index in [2.05, 4.69) is 9.80 Å². The standard InChI is InChI=1S/C16H22N2O3/c19-16(20)14-2-1-13-3-4-18(12-15(13)11-14)6-5-17-7-9-21-10-8-17/h1-2,11H,3-10,12H2,(H,19,20). The first-order chi connectivity index (χ1) is 10.2. The zero-order valence-electron chi connectivity index (χ0n) is 12.3. The number of benzene rings is 1. The minimum absolute atomic E-state index is 0.392. The van der Waals surface area contributed by atoms with Gasteiger partial charge in [-0.05, 0) is 29.7 Å². The van der Waals surface area contributed by atoms with Crippen LogP contribution in [0, 0.1) is 0 Å². The van der Waals surface area contributed by atoms with E-state index in [1.165, 1.54) is 11.1 Å². The highest BCUT2D eigenvalue weighted by atomic mass is 16.5. The first-order valence-electron chi connectivity index (χ1n) is 7.60. The van der Waals surface area contributed by atoms with Crippen molar-refractivity contribution in [1.82, 2.24) is 9.80 Å². The molecule has 1 aromatic carbocycles. The lowest BCUT2D eigenvalue weighted by molar-refractivity contribution is 0.0327. The highest BCUT2D eigenvalue weighted by molar-refractivity contribution is 5.87. The van der Waals surface area contributed by atoms with Crippen LogP contribution in [0.15, 0.2) is 18.2 Å². The third-order valence-corrected chi connectivity index (χ3v) is 4.38. The summed E-state index contributed by atoms with van der Waals surface area (Å²) in [5, 5.41) is 9.09. The van der Waals surface area contributed by atoms with Crippen LogP contribution in [0.5, 0.6) is 0 Å². The second-order valence-corrected chi connectivity index (χ2v) is 5.77. The number of aromatic carboxylic acids is 1. The second kappa shape index (κ2) is 6.56. The minimum Gasteiger partial charge on any atom is -0.478 e. The summed E-state index contributed by atoms with van der Waals surface area (Å²) in [6.45, 7) is 7.75. The number of ether oxygens (including phenoxy) is 1. The summed E-state index contributed by atoms with van der Waals surface area (Å²) >= 11 is 0. The minimum atomic E-state index is -0.844. The van der Waals surface area contributed by atoms with Gasteiger partial charge in [0.1, 0.15) is 0 Å². The third-order valence-electron chi connectivity index (χ3n) is 4.38. The van der Waals surface area contributed by atoms with E-state index in [-0.39, 0.29) is 0 Å². The third kappa shape index (κ3) is 3.61. The molecule has 2 heterocycles. The highest BCUT2D eigenvalue weighted by Gasteiger charge is 2.19. The molecule has 1 fully saturated rings. The Hall–Kier alpha value is -1.43. The molecule has 0 amide bonds. The SMILES string of the molecule is O=C(O)c1ccc2c(c1)CN(CCN1CCOCC1)CC2. The van der Waals surface area contributed by atoms with Crippen molar-refractivity contribution in [2.24, 2.45) is 0 Å². The highest BCUT2D eigenvalue weighted by Crippen LogP contribution is 2.20. The molecule has 2 aliphatic rings. The molecular formula is C16H22N2O3. The molecular weight excluding hydrogens is 268 g/mol. The maximum Gasteiger partial charge on any atom is 0.335 e. The van der Waals surface area contributed by atoms with Crippen molar-refractivity contribution in [3.63, 3.8) is 0 Å². The lowest BCUT2D eigenvalue weighted by Crippen LogP contribution is -2.42. The molecule has 1 N–H and O–H groups in total. The summed E-state index contributed by atoms with van der Waals surface area (Å²) in [4.78, 5) is 15.9. The second-order valence-electron chi connectivity index (χ2n) is 5.77. The normalized spacial score (nSPS) is 20.2. The molecule has 5 nitrogen and oxygen atoms in total. The van der Waals surface area contributed by atoms with Gasteiger partial charge in [0.05, 0.1) is 18.8 Å². The number of carboxylic acid groups (broad SMARTS) is 1. The van der Waals surface area contributed by atoms with Gasteiger partial charge in [0.2, 0.25) is 0 Å². The molecule has 114 valence electrons. The van der Waals surface area contributed by atoms with Crippen molar-refractivity contribution in [3.05, 3.63) is 34.9 Å². The number of carbonyl (C=O) groups is 1. The smallest absolute Gasteiger partial charge is 0.335 e. The van der Waals surface area contributed by atoms with Gasteiger partial charge in [-0.3, -0.25) is 9.80 Å². The van der Waals surface area contributed by atoms with Crippen molar-refractivity contribution in [2.45, 2.75) is 13.0 Å². The Bertz CT molecular complexity index is 512. The topological polar surface area (TPSA) is 53.0 Å². The molecule has 0 saturated carbocycles. The van der Waals surface area contributed by atoms with Gasteiger partial charge in [0.15, 0.2) is 0 Å². The summed E-state index contributed by atoms with van der Waals surface area (Å²) in [6.07, 6.45) is 1.01. The van der Waals surface area contributed by atoms with Crippen LogP contribution in [0.3, 0.4) is 0 Å². The van der Waals surface area contributed by atoms with Crippen LogP contribution < -0.4 is 0 Å². The zero-order valence-corrected chi connectivity index (χ0v) is 12.3. The van der Waals surface area contributed by atoms with Gasteiger partial charge in [-0.1, -0.05) is 6.07 Å². The molecule has 1 saturated heterocycles. The van der Waals surface area contributed by atoms with Gasteiger partial charge in [0.25, 0.3) is 0 Å². The van der Waals surface area contributed by atoms with Gasteiger partial charge in [-0.15, -0.1) is 0 Å². The van der Waals surface area contributed by atoms with Crippen molar-refractivity contribution in [1.29, 1.82) is 0 Å². The molecule has 0 unspecified atom stereocenters. The van der Waals surface area contributed by atoms with Gasteiger partial charge < -0.3 is 9.84 Å². The average Bonchev–Trinajstić information content (AvgIpc) is 2.53. The van der Waals surface area contributed by atoms with Gasteiger partial charge >= 0.3 is 5.97 Å². The van der Waals surface area contributed by atoms with Gasteiger partial charge in [-0.25, -0.2) is 4.79 Å². The van der Waals surface area contributed by atoms with E-state index in [0.717, 1.165) is 58.9 Å². The van der Waals surface area contributed by atoms with Gasteiger partial charge in [-0.2, -0.15) is 0 Å². The largest absolute Gasteiger partial charge is 0.478 e. The van der Waals surface area contributed by atoms with Crippen LogP contribution in [0.1, 0.15) is 21.5 Å². The molecule has 2 aliphatic heterocycles. The number of hydrogen-bond donors (Lipinski definition) is 1. The molecule has 0 bridgehead atoms. The zero-order chi connectivity index (χ0) is 14.7. The van der Waals surface area contributed by atoms with Crippen molar-refractivity contribution in [3.8, 4) is 0 Å². The fourth-order valence-electron chi connectivity index (χ4n) is 3.05. The van der Waals surface area contributed by atoms with E-state index in [9.17, 15) is 4.79 Å². The summed E-state index contributed by atoms with van der Waals surface area (Å²) in [5.41, 5.74) is 2.86.